The maximum absolute atomic E-state index is 13.3. The van der Waals surface area contributed by atoms with Gasteiger partial charge in [0.15, 0.2) is 5.78 Å². The van der Waals surface area contributed by atoms with Crippen LogP contribution in [0.3, 0.4) is 0 Å². The van der Waals surface area contributed by atoms with Crippen molar-refractivity contribution in [3.8, 4) is 0 Å². The number of carbonyl (C=O) groups excluding carboxylic acids is 2. The van der Waals surface area contributed by atoms with Crippen LogP contribution < -0.4 is 5.32 Å². The molecule has 0 bridgehead atoms. The molecule has 2 aromatic rings. The molecule has 1 amide bonds. The van der Waals surface area contributed by atoms with E-state index in [1.807, 2.05) is 32.9 Å². The van der Waals surface area contributed by atoms with Crippen molar-refractivity contribution in [3.63, 3.8) is 0 Å². The van der Waals surface area contributed by atoms with Gasteiger partial charge in [0.05, 0.1) is 17.1 Å². The molecule has 2 N–H and O–H groups in total. The van der Waals surface area contributed by atoms with Crippen LogP contribution in [0.4, 0.5) is 8.78 Å². The second kappa shape index (κ2) is 18.1. The van der Waals surface area contributed by atoms with Gasteiger partial charge >= 0.3 is 0 Å². The Morgan fingerprint density at radius 3 is 2.23 bits per heavy atom. The number of amides is 1. The zero-order chi connectivity index (χ0) is 33.8. The average Bonchev–Trinajstić information content (AvgIpc) is 3.69. The average molecular weight is 634 g/mol. The molecule has 0 aliphatic heterocycles. The number of nitrogens with zero attached hydrogens (tertiary/aromatic N) is 2. The van der Waals surface area contributed by atoms with E-state index in [1.165, 1.54) is 30.3 Å². The lowest BCUT2D eigenvalue weighted by atomic mass is 9.87. The lowest BCUT2D eigenvalue weighted by Gasteiger charge is -2.29. The number of aromatic nitrogens is 2. The Morgan fingerprint density at radius 1 is 1.16 bits per heavy atom. The van der Waals surface area contributed by atoms with Gasteiger partial charge in [0, 0.05) is 35.6 Å². The lowest BCUT2D eigenvalue weighted by Crippen LogP contribution is -2.41. The minimum Gasteiger partial charge on any atom is -0.389 e. The number of alkyl halides is 2. The number of benzene rings is 1. The molecule has 44 heavy (non-hydrogen) atoms. The first-order valence-corrected chi connectivity index (χ1v) is 16.9. The Morgan fingerprint density at radius 2 is 1.75 bits per heavy atom. The molecule has 1 aliphatic carbocycles. The van der Waals surface area contributed by atoms with Gasteiger partial charge in [0.2, 0.25) is 5.91 Å². The predicted octanol–water partition coefficient (Wildman–Crippen LogP) is 8.23. The van der Waals surface area contributed by atoms with E-state index in [9.17, 15) is 23.5 Å². The summed E-state index contributed by atoms with van der Waals surface area (Å²) in [4.78, 5) is 23.2. The molecule has 1 aliphatic rings. The van der Waals surface area contributed by atoms with Gasteiger partial charge in [-0.3, -0.25) is 14.3 Å². The van der Waals surface area contributed by atoms with Crippen molar-refractivity contribution in [3.05, 3.63) is 46.8 Å². The molecule has 10 heteroatoms. The highest BCUT2D eigenvalue weighted by molar-refractivity contribution is 8.01. The molecule has 0 spiro atoms. The van der Waals surface area contributed by atoms with Crippen molar-refractivity contribution in [2.45, 2.75) is 148 Å². The summed E-state index contributed by atoms with van der Waals surface area (Å²) < 4.78 is 27.7. The molecule has 0 saturated heterocycles. The summed E-state index contributed by atoms with van der Waals surface area (Å²) in [6.45, 7) is 18.2. The van der Waals surface area contributed by atoms with E-state index < -0.39 is 10.8 Å². The van der Waals surface area contributed by atoms with Crippen LogP contribution in [-0.4, -0.2) is 45.3 Å². The molecule has 2 radical (unpaired) electrons. The van der Waals surface area contributed by atoms with Crippen molar-refractivity contribution in [1.29, 1.82) is 0 Å². The molecule has 1 saturated carbocycles. The monoisotopic (exact) mass is 633 g/mol. The second-order valence-electron chi connectivity index (χ2n) is 12.0. The molecule has 1 aromatic heterocycles. The van der Waals surface area contributed by atoms with E-state index in [4.69, 9.17) is 7.85 Å². The highest BCUT2D eigenvalue weighted by Crippen LogP contribution is 2.41. The summed E-state index contributed by atoms with van der Waals surface area (Å²) >= 11 is 1.26. The molecule has 6 nitrogen and oxygen atoms in total. The van der Waals surface area contributed by atoms with Gasteiger partial charge in [-0.25, -0.2) is 0 Å². The molecule has 246 valence electrons. The zero-order valence-corrected chi connectivity index (χ0v) is 29.3. The summed E-state index contributed by atoms with van der Waals surface area (Å²) in [5, 5.41) is 17.3. The van der Waals surface area contributed by atoms with E-state index in [2.05, 4.69) is 44.2 Å². The SMILES string of the molecule is CC.CC(=O)Cn1nc(C2CC2)cc1C(C)(F)F.[B]C(C)(O)Sc1cccc([C@@H](C)[C@@H](CCC)NC(=O)[C@@H](C)CCC)c1C. The molecular formula is C34H54BF2N3O3S. The third-order valence-electron chi connectivity index (χ3n) is 7.45. The molecular weight excluding hydrogens is 579 g/mol. The van der Waals surface area contributed by atoms with E-state index in [1.54, 1.807) is 6.92 Å². The first kappa shape index (κ1) is 39.8. The van der Waals surface area contributed by atoms with Crippen molar-refractivity contribution in [1.82, 2.24) is 15.1 Å². The first-order chi connectivity index (χ1) is 20.5. The smallest absolute Gasteiger partial charge is 0.286 e. The minimum atomic E-state index is -2.95. The topological polar surface area (TPSA) is 84.2 Å². The number of thioether (sulfide) groups is 1. The first-order valence-electron chi connectivity index (χ1n) is 16.0. The van der Waals surface area contributed by atoms with Gasteiger partial charge in [0.1, 0.15) is 13.5 Å². The van der Waals surface area contributed by atoms with Crippen LogP contribution in [0.2, 0.25) is 0 Å². The number of rotatable bonds is 14. The van der Waals surface area contributed by atoms with Crippen LogP contribution in [0.1, 0.15) is 135 Å². The normalized spacial score (nSPS) is 16.3. The number of nitrogens with one attached hydrogen (secondary N) is 1. The molecule has 1 heterocycles. The number of carbonyl (C=O) groups is 2. The number of aliphatic hydroxyl groups is 1. The van der Waals surface area contributed by atoms with Crippen molar-refractivity contribution in [2.75, 3.05) is 0 Å². The Balaban J connectivity index is 0.000000457. The van der Waals surface area contributed by atoms with E-state index in [-0.39, 0.29) is 41.8 Å². The van der Waals surface area contributed by atoms with Crippen molar-refractivity contribution < 1.29 is 23.5 Å². The van der Waals surface area contributed by atoms with Crippen LogP contribution >= 0.6 is 11.8 Å². The number of ketones is 1. The predicted molar refractivity (Wildman–Crippen MR) is 179 cm³/mol. The number of hydrogen-bond acceptors (Lipinski definition) is 5. The van der Waals surface area contributed by atoms with Crippen LogP contribution in [-0.2, 0) is 22.1 Å². The van der Waals surface area contributed by atoms with Crippen LogP contribution in [0.5, 0.6) is 0 Å². The summed E-state index contributed by atoms with van der Waals surface area (Å²) in [7, 11) is 5.76. The third-order valence-corrected chi connectivity index (χ3v) is 8.53. The van der Waals surface area contributed by atoms with Gasteiger partial charge in [-0.15, -0.1) is 11.8 Å². The number of halogens is 2. The summed E-state index contributed by atoms with van der Waals surface area (Å²) in [5.41, 5.74) is 2.84. The molecule has 4 atom stereocenters. The summed E-state index contributed by atoms with van der Waals surface area (Å²) in [6, 6.07) is 7.62. The molecule has 1 fully saturated rings. The Bertz CT molecular complexity index is 1190. The fourth-order valence-corrected chi connectivity index (χ4v) is 5.88. The second-order valence-corrected chi connectivity index (χ2v) is 13.5. The number of Topliss-reactive ketones (excluding diaryl/α,β-unsaturated/α-hetero) is 1. The van der Waals surface area contributed by atoms with Gasteiger partial charge in [-0.05, 0) is 69.7 Å². The highest BCUT2D eigenvalue weighted by atomic mass is 32.2. The lowest BCUT2D eigenvalue weighted by molar-refractivity contribution is -0.125. The van der Waals surface area contributed by atoms with Crippen LogP contribution in [0, 0.1) is 12.8 Å². The Labute approximate surface area is 269 Å². The van der Waals surface area contributed by atoms with Crippen molar-refractivity contribution >= 4 is 31.3 Å². The summed E-state index contributed by atoms with van der Waals surface area (Å²) in [5.74, 6) is -2.43. The Hall–Kier alpha value is -2.20. The largest absolute Gasteiger partial charge is 0.389 e. The molecule has 1 unspecified atom stereocenters. The maximum atomic E-state index is 13.3. The van der Waals surface area contributed by atoms with Crippen molar-refractivity contribution in [2.24, 2.45) is 5.92 Å². The van der Waals surface area contributed by atoms with E-state index >= 15 is 0 Å². The third kappa shape index (κ3) is 13.0. The fourth-order valence-electron chi connectivity index (χ4n) is 5.02. The van der Waals surface area contributed by atoms with Crippen LogP contribution in [0.15, 0.2) is 29.2 Å². The minimum absolute atomic E-state index is 0.0434. The fraction of sp³-hybridized carbons (Fsp3) is 0.676. The van der Waals surface area contributed by atoms with E-state index in [0.29, 0.717) is 11.6 Å². The summed E-state index contributed by atoms with van der Waals surface area (Å²) in [6.07, 6.45) is 5.90. The molecule has 3 rings (SSSR count). The van der Waals surface area contributed by atoms with E-state index in [0.717, 1.165) is 60.6 Å². The zero-order valence-electron chi connectivity index (χ0n) is 28.5. The Kier molecular flexibility index (Phi) is 16.4. The standard InChI is InChI=1S/C21H34BNO2S.C11H14F2N2O.C2H6/c1-7-10-14(3)20(24)23-18(11-8-2)15(4)17-12-9-13-19(16(17)5)26-21(6,22)25;1-7(16)6-15-10(11(2,12)13)5-9(14-15)8-3-4-8;1-2/h9,12-15,18,25H,7-8,10-11H2,1-6H3,(H,23,24);5,8H,3-4,6H2,1-2H3;1-2H3/t14-,15+,18+,21?;;/m0../s1. The van der Waals surface area contributed by atoms with Gasteiger partial charge < -0.3 is 10.4 Å². The van der Waals surface area contributed by atoms with Gasteiger partial charge in [0.25, 0.3) is 5.92 Å². The van der Waals surface area contributed by atoms with Crippen LogP contribution in [0.25, 0.3) is 0 Å². The molecule has 1 aromatic carbocycles. The van der Waals surface area contributed by atoms with Gasteiger partial charge in [-0.2, -0.15) is 13.9 Å². The maximum Gasteiger partial charge on any atom is 0.286 e. The quantitative estimate of drug-likeness (QED) is 0.124. The number of hydrogen-bond donors (Lipinski definition) is 2. The highest BCUT2D eigenvalue weighted by Gasteiger charge is 2.34. The van der Waals surface area contributed by atoms with Gasteiger partial charge in [-0.1, -0.05) is 66.5 Å².